The molecule has 1 N–H and O–H groups in total. The van der Waals surface area contributed by atoms with Crippen LogP contribution in [0.4, 0.5) is 0 Å². The minimum Gasteiger partial charge on any atom is -0.492 e. The van der Waals surface area contributed by atoms with Crippen LogP contribution < -0.4 is 10.1 Å². The third-order valence-corrected chi connectivity index (χ3v) is 6.98. The summed E-state index contributed by atoms with van der Waals surface area (Å²) in [6.45, 7) is 5.54. The number of rotatable bonds is 7. The summed E-state index contributed by atoms with van der Waals surface area (Å²) in [6, 6.07) is 12.4. The quantitative estimate of drug-likeness (QED) is 0.703. The van der Waals surface area contributed by atoms with E-state index in [1.54, 1.807) is 19.1 Å². The van der Waals surface area contributed by atoms with Crippen molar-refractivity contribution in [2.45, 2.75) is 38.0 Å². The molecule has 3 rings (SSSR count). The maximum atomic E-state index is 12.9. The van der Waals surface area contributed by atoms with Gasteiger partial charge in [-0.15, -0.1) is 0 Å². The molecule has 0 unspecified atom stereocenters. The SMILES string of the molecule is Cc1ccc(OCCNC(=O)c2cc(S(=O)(=O)N3CCCCC3)ccc2C)cc1. The maximum absolute atomic E-state index is 12.9. The zero-order valence-corrected chi connectivity index (χ0v) is 17.8. The van der Waals surface area contributed by atoms with E-state index < -0.39 is 10.0 Å². The molecule has 1 aliphatic heterocycles. The Kier molecular flexibility index (Phi) is 6.92. The molecule has 2 aromatic rings. The zero-order chi connectivity index (χ0) is 20.9. The molecule has 0 atom stereocenters. The summed E-state index contributed by atoms with van der Waals surface area (Å²) in [4.78, 5) is 12.8. The van der Waals surface area contributed by atoms with Gasteiger partial charge in [0, 0.05) is 18.7 Å². The molecule has 1 amide bonds. The molecule has 156 valence electrons. The van der Waals surface area contributed by atoms with E-state index in [4.69, 9.17) is 4.74 Å². The van der Waals surface area contributed by atoms with E-state index in [0.29, 0.717) is 31.8 Å². The fraction of sp³-hybridized carbons (Fsp3) is 0.409. The molecule has 2 aromatic carbocycles. The summed E-state index contributed by atoms with van der Waals surface area (Å²) in [7, 11) is -3.57. The highest BCUT2D eigenvalue weighted by molar-refractivity contribution is 7.89. The number of carbonyl (C=O) groups is 1. The topological polar surface area (TPSA) is 75.7 Å². The average molecular weight is 417 g/mol. The minimum atomic E-state index is -3.57. The van der Waals surface area contributed by atoms with Crippen molar-refractivity contribution in [3.63, 3.8) is 0 Å². The summed E-state index contributed by atoms with van der Waals surface area (Å²) < 4.78 is 32.9. The highest BCUT2D eigenvalue weighted by atomic mass is 32.2. The van der Waals surface area contributed by atoms with E-state index in [0.717, 1.165) is 36.1 Å². The van der Waals surface area contributed by atoms with Crippen LogP contribution in [0, 0.1) is 13.8 Å². The molecule has 0 saturated carbocycles. The Morgan fingerprint density at radius 2 is 1.72 bits per heavy atom. The number of ether oxygens (including phenoxy) is 1. The number of piperidine rings is 1. The number of sulfonamides is 1. The number of amides is 1. The normalized spacial score (nSPS) is 15.1. The lowest BCUT2D eigenvalue weighted by atomic mass is 10.1. The van der Waals surface area contributed by atoms with Crippen LogP contribution in [0.15, 0.2) is 47.4 Å². The Hall–Kier alpha value is -2.38. The summed E-state index contributed by atoms with van der Waals surface area (Å²) in [6.07, 6.45) is 2.80. The first-order valence-electron chi connectivity index (χ1n) is 9.96. The average Bonchev–Trinajstić information content (AvgIpc) is 2.73. The lowest BCUT2D eigenvalue weighted by Crippen LogP contribution is -2.36. The fourth-order valence-corrected chi connectivity index (χ4v) is 4.87. The maximum Gasteiger partial charge on any atom is 0.251 e. The molecular weight excluding hydrogens is 388 g/mol. The molecular formula is C22H28N2O4S. The Bertz CT molecular complexity index is 949. The number of hydrogen-bond acceptors (Lipinski definition) is 4. The van der Waals surface area contributed by atoms with Gasteiger partial charge >= 0.3 is 0 Å². The number of nitrogens with zero attached hydrogens (tertiary/aromatic N) is 1. The molecule has 0 aliphatic carbocycles. The van der Waals surface area contributed by atoms with E-state index in [1.807, 2.05) is 31.2 Å². The lowest BCUT2D eigenvalue weighted by molar-refractivity contribution is 0.0946. The van der Waals surface area contributed by atoms with Gasteiger partial charge in [-0.05, 0) is 56.5 Å². The van der Waals surface area contributed by atoms with Gasteiger partial charge in [-0.2, -0.15) is 4.31 Å². The third kappa shape index (κ3) is 5.36. The summed E-state index contributed by atoms with van der Waals surface area (Å²) in [5.41, 5.74) is 2.26. The van der Waals surface area contributed by atoms with E-state index in [-0.39, 0.29) is 10.8 Å². The van der Waals surface area contributed by atoms with Gasteiger partial charge in [0.1, 0.15) is 12.4 Å². The summed E-state index contributed by atoms with van der Waals surface area (Å²) in [5, 5.41) is 2.81. The number of benzene rings is 2. The molecule has 1 aliphatic rings. The number of aryl methyl sites for hydroxylation is 2. The van der Waals surface area contributed by atoms with Crippen LogP contribution >= 0.6 is 0 Å². The first-order chi connectivity index (χ1) is 13.9. The standard InChI is InChI=1S/C22H28N2O4S/c1-17-6-9-19(10-7-17)28-15-12-23-22(25)21-16-20(11-8-18(21)2)29(26,27)24-13-4-3-5-14-24/h6-11,16H,3-5,12-15H2,1-2H3,(H,23,25). The van der Waals surface area contributed by atoms with Gasteiger partial charge in [0.2, 0.25) is 10.0 Å². The second-order valence-corrected chi connectivity index (χ2v) is 9.30. The zero-order valence-electron chi connectivity index (χ0n) is 17.0. The summed E-state index contributed by atoms with van der Waals surface area (Å²) in [5.74, 6) is 0.446. The van der Waals surface area contributed by atoms with Crippen LogP contribution in [0.2, 0.25) is 0 Å². The molecule has 1 heterocycles. The van der Waals surface area contributed by atoms with Crippen LogP contribution in [-0.2, 0) is 10.0 Å². The van der Waals surface area contributed by atoms with Gasteiger partial charge in [0.15, 0.2) is 0 Å². The first-order valence-corrected chi connectivity index (χ1v) is 11.4. The van der Waals surface area contributed by atoms with Crippen molar-refractivity contribution in [3.05, 3.63) is 59.2 Å². The van der Waals surface area contributed by atoms with E-state index >= 15 is 0 Å². The predicted octanol–water partition coefficient (Wildman–Crippen LogP) is 3.29. The fourth-order valence-electron chi connectivity index (χ4n) is 3.32. The van der Waals surface area contributed by atoms with Crippen LogP contribution in [0.3, 0.4) is 0 Å². The van der Waals surface area contributed by atoms with Gasteiger partial charge in [-0.1, -0.05) is 30.2 Å². The van der Waals surface area contributed by atoms with Crippen LogP contribution in [0.5, 0.6) is 5.75 Å². The van der Waals surface area contributed by atoms with Crippen molar-refractivity contribution in [3.8, 4) is 5.75 Å². The van der Waals surface area contributed by atoms with Gasteiger partial charge in [0.25, 0.3) is 5.91 Å². The molecule has 0 aromatic heterocycles. The van der Waals surface area contributed by atoms with Crippen molar-refractivity contribution in [1.29, 1.82) is 0 Å². The van der Waals surface area contributed by atoms with Crippen molar-refractivity contribution in [1.82, 2.24) is 9.62 Å². The van der Waals surface area contributed by atoms with Gasteiger partial charge in [0.05, 0.1) is 11.4 Å². The highest BCUT2D eigenvalue weighted by Gasteiger charge is 2.27. The molecule has 0 radical (unpaired) electrons. The van der Waals surface area contributed by atoms with E-state index in [1.165, 1.54) is 10.4 Å². The number of hydrogen-bond donors (Lipinski definition) is 1. The van der Waals surface area contributed by atoms with Crippen LogP contribution in [0.1, 0.15) is 40.7 Å². The second-order valence-electron chi connectivity index (χ2n) is 7.36. The molecule has 0 bridgehead atoms. The number of nitrogens with one attached hydrogen (secondary N) is 1. The van der Waals surface area contributed by atoms with Crippen molar-refractivity contribution in [2.24, 2.45) is 0 Å². The van der Waals surface area contributed by atoms with Gasteiger partial charge in [-0.25, -0.2) is 8.42 Å². The third-order valence-electron chi connectivity index (χ3n) is 5.08. The lowest BCUT2D eigenvalue weighted by Gasteiger charge is -2.26. The highest BCUT2D eigenvalue weighted by Crippen LogP contribution is 2.23. The molecule has 6 nitrogen and oxygen atoms in total. The Morgan fingerprint density at radius 3 is 2.41 bits per heavy atom. The molecule has 7 heteroatoms. The van der Waals surface area contributed by atoms with Crippen molar-refractivity contribution in [2.75, 3.05) is 26.2 Å². The molecule has 1 fully saturated rings. The predicted molar refractivity (Wildman–Crippen MR) is 113 cm³/mol. The second kappa shape index (κ2) is 9.41. The Balaban J connectivity index is 1.62. The van der Waals surface area contributed by atoms with Crippen LogP contribution in [-0.4, -0.2) is 44.9 Å². The van der Waals surface area contributed by atoms with Crippen molar-refractivity contribution < 1.29 is 17.9 Å². The van der Waals surface area contributed by atoms with E-state index in [2.05, 4.69) is 5.32 Å². The molecule has 0 spiro atoms. The monoisotopic (exact) mass is 416 g/mol. The first kappa shape index (κ1) is 21.3. The Labute approximate surface area is 172 Å². The van der Waals surface area contributed by atoms with Gasteiger partial charge < -0.3 is 10.1 Å². The number of carbonyl (C=O) groups excluding carboxylic acids is 1. The van der Waals surface area contributed by atoms with Crippen LogP contribution in [0.25, 0.3) is 0 Å². The summed E-state index contributed by atoms with van der Waals surface area (Å²) >= 11 is 0. The Morgan fingerprint density at radius 1 is 1.03 bits per heavy atom. The smallest absolute Gasteiger partial charge is 0.251 e. The molecule has 1 saturated heterocycles. The van der Waals surface area contributed by atoms with E-state index in [9.17, 15) is 13.2 Å². The molecule has 29 heavy (non-hydrogen) atoms. The van der Waals surface area contributed by atoms with Gasteiger partial charge in [-0.3, -0.25) is 4.79 Å². The van der Waals surface area contributed by atoms with Crippen molar-refractivity contribution >= 4 is 15.9 Å². The minimum absolute atomic E-state index is 0.172. The largest absolute Gasteiger partial charge is 0.492 e.